The van der Waals surface area contributed by atoms with Gasteiger partial charge in [0.25, 0.3) is 0 Å². The molecular formula is C55H94NO8P. The lowest BCUT2D eigenvalue weighted by atomic mass is 10.0. The number of hydrogen-bond donors (Lipinski definition) is 2. The molecule has 0 radical (unpaired) electrons. The summed E-state index contributed by atoms with van der Waals surface area (Å²) in [4.78, 5) is 35.0. The van der Waals surface area contributed by atoms with E-state index in [1.54, 1.807) is 0 Å². The Bertz CT molecular complexity index is 1380. The first-order chi connectivity index (χ1) is 31.8. The normalized spacial score (nSPS) is 14.0. The van der Waals surface area contributed by atoms with Crippen molar-refractivity contribution < 1.29 is 37.6 Å². The Kier molecular flexibility index (Phi) is 48.0. The first-order valence-electron chi connectivity index (χ1n) is 25.7. The maximum Gasteiger partial charge on any atom is 0.472 e. The zero-order chi connectivity index (χ0) is 47.4. The molecule has 0 aliphatic heterocycles. The molecule has 65 heavy (non-hydrogen) atoms. The topological polar surface area (TPSA) is 134 Å². The molecular weight excluding hydrogens is 834 g/mol. The molecule has 0 aliphatic carbocycles. The van der Waals surface area contributed by atoms with Crippen LogP contribution in [0.15, 0.2) is 97.2 Å². The van der Waals surface area contributed by atoms with Crippen molar-refractivity contribution in [1.29, 1.82) is 0 Å². The average Bonchev–Trinajstić information content (AvgIpc) is 3.30. The van der Waals surface area contributed by atoms with Crippen LogP contribution in [0.4, 0.5) is 0 Å². The number of unbranched alkanes of at least 4 members (excludes halogenated alkanes) is 18. The molecule has 0 spiro atoms. The summed E-state index contributed by atoms with van der Waals surface area (Å²) >= 11 is 0. The Morgan fingerprint density at radius 2 is 0.800 bits per heavy atom. The van der Waals surface area contributed by atoms with Gasteiger partial charge in [0.2, 0.25) is 0 Å². The van der Waals surface area contributed by atoms with Crippen LogP contribution < -0.4 is 5.73 Å². The molecule has 0 saturated heterocycles. The maximum atomic E-state index is 12.6. The van der Waals surface area contributed by atoms with Gasteiger partial charge < -0.3 is 20.1 Å². The lowest BCUT2D eigenvalue weighted by molar-refractivity contribution is -0.161. The third-order valence-corrected chi connectivity index (χ3v) is 11.4. The molecule has 2 unspecified atom stereocenters. The van der Waals surface area contributed by atoms with E-state index in [1.807, 2.05) is 0 Å². The first kappa shape index (κ1) is 61.9. The summed E-state index contributed by atoms with van der Waals surface area (Å²) in [6, 6.07) is 0. The van der Waals surface area contributed by atoms with E-state index in [9.17, 15) is 19.0 Å². The maximum absolute atomic E-state index is 12.6. The van der Waals surface area contributed by atoms with Crippen molar-refractivity contribution in [2.24, 2.45) is 5.73 Å². The van der Waals surface area contributed by atoms with Crippen LogP contribution in [-0.2, 0) is 32.7 Å². The third kappa shape index (κ3) is 50.2. The number of ether oxygens (including phenoxy) is 2. The van der Waals surface area contributed by atoms with Crippen LogP contribution in [0.3, 0.4) is 0 Å². The van der Waals surface area contributed by atoms with Gasteiger partial charge in [-0.2, -0.15) is 0 Å². The van der Waals surface area contributed by atoms with Gasteiger partial charge in [-0.25, -0.2) is 4.57 Å². The van der Waals surface area contributed by atoms with Crippen molar-refractivity contribution in [2.75, 3.05) is 26.4 Å². The minimum absolute atomic E-state index is 0.0454. The smallest absolute Gasteiger partial charge is 0.462 e. The van der Waals surface area contributed by atoms with E-state index in [1.165, 1.54) is 77.0 Å². The molecule has 10 heteroatoms. The van der Waals surface area contributed by atoms with Crippen molar-refractivity contribution in [3.63, 3.8) is 0 Å². The van der Waals surface area contributed by atoms with Gasteiger partial charge in [0.15, 0.2) is 6.10 Å². The number of rotatable bonds is 47. The molecule has 372 valence electrons. The quantitative estimate of drug-likeness (QED) is 0.0265. The summed E-state index contributed by atoms with van der Waals surface area (Å²) in [7, 11) is -4.39. The van der Waals surface area contributed by atoms with E-state index in [4.69, 9.17) is 24.3 Å². The van der Waals surface area contributed by atoms with Crippen molar-refractivity contribution in [1.82, 2.24) is 0 Å². The molecule has 3 N–H and O–H groups in total. The molecule has 0 aromatic rings. The summed E-state index contributed by atoms with van der Waals surface area (Å²) < 4.78 is 32.8. The highest BCUT2D eigenvalue weighted by Crippen LogP contribution is 2.43. The van der Waals surface area contributed by atoms with Gasteiger partial charge in [-0.05, 0) is 89.9 Å². The minimum atomic E-state index is -4.39. The minimum Gasteiger partial charge on any atom is -0.462 e. The molecule has 0 aliphatic rings. The number of phosphoric ester groups is 1. The van der Waals surface area contributed by atoms with E-state index in [0.29, 0.717) is 12.8 Å². The van der Waals surface area contributed by atoms with Crippen LogP contribution in [0, 0.1) is 0 Å². The van der Waals surface area contributed by atoms with Crippen LogP contribution in [-0.4, -0.2) is 49.3 Å². The number of carbonyl (C=O) groups is 2. The monoisotopic (exact) mass is 928 g/mol. The van der Waals surface area contributed by atoms with Crippen LogP contribution in [0.1, 0.15) is 206 Å². The Labute approximate surface area is 397 Å². The zero-order valence-corrected chi connectivity index (χ0v) is 42.1. The standard InChI is InChI=1S/C55H94NO8P/c1-3-5-7-9-11-13-15-17-18-19-20-21-22-23-24-25-26-27-28-29-30-31-32-33-34-36-38-40-42-44-46-48-55(58)64-53(52-63-65(59,60)62-50-49-56)51-61-54(57)47-45-43-41-39-37-35-16-14-12-10-8-6-4-2/h5-8,11-14,17-18,20-21,23-24,35,37,53H,3-4,9-10,15-16,19,22,25-34,36,38-52,56H2,1-2H3,(H,59,60)/b7-5-,8-6-,13-11-,14-12-,18-17-,21-20-,24-23-,37-35-. The molecule has 0 aromatic heterocycles. The lowest BCUT2D eigenvalue weighted by Crippen LogP contribution is -2.29. The van der Waals surface area contributed by atoms with Gasteiger partial charge in [-0.1, -0.05) is 201 Å². The Balaban J connectivity index is 3.97. The second kappa shape index (κ2) is 50.3. The van der Waals surface area contributed by atoms with Crippen LogP contribution >= 0.6 is 7.82 Å². The summed E-state index contributed by atoms with van der Waals surface area (Å²) in [5.74, 6) is -0.867. The predicted molar refractivity (Wildman–Crippen MR) is 275 cm³/mol. The summed E-state index contributed by atoms with van der Waals surface area (Å²) in [5, 5.41) is 0. The fraction of sp³-hybridized carbons (Fsp3) is 0.673. The highest BCUT2D eigenvalue weighted by Gasteiger charge is 2.26. The van der Waals surface area contributed by atoms with E-state index >= 15 is 0 Å². The number of allylic oxidation sites excluding steroid dienone is 16. The number of esters is 2. The largest absolute Gasteiger partial charge is 0.472 e. The van der Waals surface area contributed by atoms with Gasteiger partial charge >= 0.3 is 19.8 Å². The van der Waals surface area contributed by atoms with Crippen LogP contribution in [0.5, 0.6) is 0 Å². The second-order valence-electron chi connectivity index (χ2n) is 16.6. The lowest BCUT2D eigenvalue weighted by Gasteiger charge is -2.19. The SMILES string of the molecule is CC/C=C\C/C=C\C/C=C\C/C=C\C/C=C\CCCCCCCCCCCCCCCCCC(=O)OC(COC(=O)CCCCC/C=C\C/C=C\C/C=C\CC)COP(=O)(O)OCCN. The molecule has 0 rings (SSSR count). The molecule has 2 atom stereocenters. The fourth-order valence-corrected chi connectivity index (χ4v) is 7.50. The van der Waals surface area contributed by atoms with E-state index in [2.05, 4.69) is 111 Å². The summed E-state index contributed by atoms with van der Waals surface area (Å²) in [6.07, 6.45) is 66.1. The van der Waals surface area contributed by atoms with E-state index in [0.717, 1.165) is 89.9 Å². The van der Waals surface area contributed by atoms with Crippen molar-refractivity contribution >= 4 is 19.8 Å². The van der Waals surface area contributed by atoms with Crippen molar-refractivity contribution in [3.05, 3.63) is 97.2 Å². The van der Waals surface area contributed by atoms with Crippen molar-refractivity contribution in [3.8, 4) is 0 Å². The molecule has 0 amide bonds. The summed E-state index contributed by atoms with van der Waals surface area (Å²) in [5.41, 5.74) is 5.36. The third-order valence-electron chi connectivity index (χ3n) is 10.5. The Hall–Kier alpha value is -3.07. The summed E-state index contributed by atoms with van der Waals surface area (Å²) in [6.45, 7) is 3.47. The van der Waals surface area contributed by atoms with E-state index < -0.39 is 32.5 Å². The van der Waals surface area contributed by atoms with Gasteiger partial charge in [-0.15, -0.1) is 0 Å². The zero-order valence-electron chi connectivity index (χ0n) is 41.2. The average molecular weight is 928 g/mol. The fourth-order valence-electron chi connectivity index (χ4n) is 6.73. The molecule has 9 nitrogen and oxygen atoms in total. The molecule has 0 aromatic carbocycles. The number of carbonyl (C=O) groups excluding carboxylic acids is 2. The Morgan fingerprint density at radius 1 is 0.462 bits per heavy atom. The van der Waals surface area contributed by atoms with Gasteiger partial charge in [-0.3, -0.25) is 18.6 Å². The highest BCUT2D eigenvalue weighted by atomic mass is 31.2. The van der Waals surface area contributed by atoms with Gasteiger partial charge in [0, 0.05) is 19.4 Å². The first-order valence-corrected chi connectivity index (χ1v) is 27.2. The van der Waals surface area contributed by atoms with Crippen LogP contribution in [0.25, 0.3) is 0 Å². The molecule has 0 saturated carbocycles. The number of nitrogens with two attached hydrogens (primary N) is 1. The van der Waals surface area contributed by atoms with Crippen LogP contribution in [0.2, 0.25) is 0 Å². The number of phosphoric acid groups is 1. The molecule has 0 heterocycles. The van der Waals surface area contributed by atoms with Gasteiger partial charge in [0.05, 0.1) is 13.2 Å². The highest BCUT2D eigenvalue weighted by molar-refractivity contribution is 7.47. The molecule has 0 fully saturated rings. The Morgan fingerprint density at radius 3 is 1.20 bits per heavy atom. The molecule has 0 bridgehead atoms. The second-order valence-corrected chi connectivity index (χ2v) is 18.1. The van der Waals surface area contributed by atoms with E-state index in [-0.39, 0.29) is 32.6 Å². The van der Waals surface area contributed by atoms with Crippen molar-refractivity contribution in [2.45, 2.75) is 213 Å². The number of hydrogen-bond acceptors (Lipinski definition) is 8. The predicted octanol–water partition coefficient (Wildman–Crippen LogP) is 15.7. The van der Waals surface area contributed by atoms with Gasteiger partial charge in [0.1, 0.15) is 6.61 Å².